The van der Waals surface area contributed by atoms with Crippen LogP contribution >= 0.6 is 0 Å². The highest BCUT2D eigenvalue weighted by Gasteiger charge is 2.29. The summed E-state index contributed by atoms with van der Waals surface area (Å²) in [5.41, 5.74) is 2.91. The standard InChI is InChI=1S/C16H18N2O2/c1-11(13-7-8-20-10-13)17-14-3-2-4-15(9-14)18-16(19)12-5-6-12/h2-4,7-12,17H,5-6H2,1H3,(H,18,19). The Labute approximate surface area is 118 Å². The van der Waals surface area contributed by atoms with Crippen molar-refractivity contribution >= 4 is 17.3 Å². The molecule has 0 aliphatic heterocycles. The number of rotatable bonds is 5. The molecule has 0 bridgehead atoms. The maximum Gasteiger partial charge on any atom is 0.227 e. The average Bonchev–Trinajstić information content (AvgIpc) is 3.14. The van der Waals surface area contributed by atoms with Gasteiger partial charge in [-0.1, -0.05) is 6.07 Å². The quantitative estimate of drug-likeness (QED) is 0.868. The van der Waals surface area contributed by atoms with Crippen molar-refractivity contribution in [2.75, 3.05) is 10.6 Å². The van der Waals surface area contributed by atoms with Gasteiger partial charge in [-0.2, -0.15) is 0 Å². The Kier molecular flexibility index (Phi) is 3.46. The summed E-state index contributed by atoms with van der Waals surface area (Å²) in [6.45, 7) is 2.07. The van der Waals surface area contributed by atoms with Gasteiger partial charge in [0.15, 0.2) is 0 Å². The van der Waals surface area contributed by atoms with Crippen molar-refractivity contribution in [1.82, 2.24) is 0 Å². The number of hydrogen-bond donors (Lipinski definition) is 2. The number of benzene rings is 1. The second-order valence-corrected chi connectivity index (χ2v) is 5.27. The summed E-state index contributed by atoms with van der Waals surface area (Å²) >= 11 is 0. The minimum Gasteiger partial charge on any atom is -0.472 e. The summed E-state index contributed by atoms with van der Waals surface area (Å²) in [6, 6.07) is 9.89. The molecule has 0 saturated heterocycles. The average molecular weight is 270 g/mol. The van der Waals surface area contributed by atoms with Crippen LogP contribution in [0.15, 0.2) is 47.3 Å². The third-order valence-corrected chi connectivity index (χ3v) is 3.50. The lowest BCUT2D eigenvalue weighted by atomic mass is 10.1. The third kappa shape index (κ3) is 3.02. The zero-order chi connectivity index (χ0) is 13.9. The van der Waals surface area contributed by atoms with E-state index in [1.165, 1.54) is 0 Å². The predicted molar refractivity (Wildman–Crippen MR) is 78.5 cm³/mol. The van der Waals surface area contributed by atoms with Gasteiger partial charge in [0.1, 0.15) is 0 Å². The maximum absolute atomic E-state index is 11.8. The number of hydrogen-bond acceptors (Lipinski definition) is 3. The predicted octanol–water partition coefficient (Wildman–Crippen LogP) is 3.80. The monoisotopic (exact) mass is 270 g/mol. The molecular weight excluding hydrogens is 252 g/mol. The molecule has 1 amide bonds. The summed E-state index contributed by atoms with van der Waals surface area (Å²) in [4.78, 5) is 11.8. The highest BCUT2D eigenvalue weighted by Crippen LogP contribution is 2.30. The van der Waals surface area contributed by atoms with Crippen LogP contribution in [0.1, 0.15) is 31.4 Å². The molecule has 2 N–H and O–H groups in total. The van der Waals surface area contributed by atoms with Crippen LogP contribution in [-0.4, -0.2) is 5.91 Å². The van der Waals surface area contributed by atoms with Crippen LogP contribution in [0.4, 0.5) is 11.4 Å². The molecule has 3 rings (SSSR count). The first-order chi connectivity index (χ1) is 9.72. The molecule has 1 unspecified atom stereocenters. The second-order valence-electron chi connectivity index (χ2n) is 5.27. The third-order valence-electron chi connectivity index (χ3n) is 3.50. The number of furan rings is 1. The van der Waals surface area contributed by atoms with Gasteiger partial charge in [-0.15, -0.1) is 0 Å². The van der Waals surface area contributed by atoms with Crippen LogP contribution in [0.5, 0.6) is 0 Å². The second kappa shape index (κ2) is 5.41. The van der Waals surface area contributed by atoms with Crippen LogP contribution in [0, 0.1) is 5.92 Å². The largest absolute Gasteiger partial charge is 0.472 e. The van der Waals surface area contributed by atoms with E-state index in [0.717, 1.165) is 29.8 Å². The molecule has 0 radical (unpaired) electrons. The van der Waals surface area contributed by atoms with E-state index in [9.17, 15) is 4.79 Å². The van der Waals surface area contributed by atoms with E-state index in [1.54, 1.807) is 12.5 Å². The van der Waals surface area contributed by atoms with Crippen molar-refractivity contribution in [3.63, 3.8) is 0 Å². The van der Waals surface area contributed by atoms with Crippen molar-refractivity contribution in [2.24, 2.45) is 5.92 Å². The first kappa shape index (κ1) is 12.8. The fourth-order valence-electron chi connectivity index (χ4n) is 2.13. The number of anilines is 2. The van der Waals surface area contributed by atoms with E-state index in [2.05, 4.69) is 17.6 Å². The lowest BCUT2D eigenvalue weighted by Crippen LogP contribution is -2.13. The van der Waals surface area contributed by atoms with Gasteiger partial charge in [-0.25, -0.2) is 0 Å². The molecule has 2 aromatic rings. The molecular formula is C16H18N2O2. The molecule has 1 atom stereocenters. The zero-order valence-corrected chi connectivity index (χ0v) is 11.4. The van der Waals surface area contributed by atoms with E-state index >= 15 is 0 Å². The van der Waals surface area contributed by atoms with Crippen molar-refractivity contribution in [3.05, 3.63) is 48.4 Å². The van der Waals surface area contributed by atoms with Crippen LogP contribution in [0.2, 0.25) is 0 Å². The van der Waals surface area contributed by atoms with Crippen LogP contribution < -0.4 is 10.6 Å². The highest BCUT2D eigenvalue weighted by atomic mass is 16.3. The summed E-state index contributed by atoms with van der Waals surface area (Å²) in [7, 11) is 0. The molecule has 20 heavy (non-hydrogen) atoms. The molecule has 1 fully saturated rings. The normalized spacial score (nSPS) is 15.7. The van der Waals surface area contributed by atoms with E-state index in [-0.39, 0.29) is 17.9 Å². The van der Waals surface area contributed by atoms with Crippen molar-refractivity contribution in [1.29, 1.82) is 0 Å². The van der Waals surface area contributed by atoms with Crippen molar-refractivity contribution in [2.45, 2.75) is 25.8 Å². The van der Waals surface area contributed by atoms with Crippen LogP contribution in [0.3, 0.4) is 0 Å². The van der Waals surface area contributed by atoms with Gasteiger partial charge < -0.3 is 15.1 Å². The topological polar surface area (TPSA) is 54.3 Å². The molecule has 1 aromatic heterocycles. The van der Waals surface area contributed by atoms with Gasteiger partial charge in [0, 0.05) is 22.9 Å². The molecule has 1 aliphatic carbocycles. The zero-order valence-electron chi connectivity index (χ0n) is 11.4. The van der Waals surface area contributed by atoms with E-state index in [1.807, 2.05) is 30.3 Å². The summed E-state index contributed by atoms with van der Waals surface area (Å²) in [5, 5.41) is 6.35. The Morgan fingerprint density at radius 3 is 2.80 bits per heavy atom. The molecule has 4 heteroatoms. The fourth-order valence-corrected chi connectivity index (χ4v) is 2.13. The maximum atomic E-state index is 11.8. The Bertz CT molecular complexity index is 588. The van der Waals surface area contributed by atoms with Crippen molar-refractivity contribution in [3.8, 4) is 0 Å². The van der Waals surface area contributed by atoms with Gasteiger partial charge in [-0.3, -0.25) is 4.79 Å². The van der Waals surface area contributed by atoms with Gasteiger partial charge in [0.2, 0.25) is 5.91 Å². The van der Waals surface area contributed by atoms with Gasteiger partial charge in [0.05, 0.1) is 18.6 Å². The summed E-state index contributed by atoms with van der Waals surface area (Å²) < 4.78 is 5.09. The van der Waals surface area contributed by atoms with E-state index in [0.29, 0.717) is 0 Å². The first-order valence-electron chi connectivity index (χ1n) is 6.92. The van der Waals surface area contributed by atoms with Gasteiger partial charge in [0.25, 0.3) is 0 Å². The Morgan fingerprint density at radius 2 is 2.10 bits per heavy atom. The molecule has 1 aliphatic rings. The van der Waals surface area contributed by atoms with Gasteiger partial charge >= 0.3 is 0 Å². The first-order valence-corrected chi connectivity index (χ1v) is 6.92. The summed E-state index contributed by atoms with van der Waals surface area (Å²) in [6.07, 6.45) is 5.43. The minimum atomic E-state index is 0.130. The number of amides is 1. The lowest BCUT2D eigenvalue weighted by molar-refractivity contribution is -0.117. The molecule has 1 aromatic carbocycles. The van der Waals surface area contributed by atoms with E-state index in [4.69, 9.17) is 4.42 Å². The summed E-state index contributed by atoms with van der Waals surface area (Å²) in [5.74, 6) is 0.349. The SMILES string of the molecule is CC(Nc1cccc(NC(=O)C2CC2)c1)c1ccoc1. The Morgan fingerprint density at radius 1 is 1.30 bits per heavy atom. The molecule has 1 heterocycles. The molecule has 0 spiro atoms. The van der Waals surface area contributed by atoms with Crippen molar-refractivity contribution < 1.29 is 9.21 Å². The number of carbonyl (C=O) groups excluding carboxylic acids is 1. The molecule has 104 valence electrons. The van der Waals surface area contributed by atoms with E-state index < -0.39 is 0 Å². The van der Waals surface area contributed by atoms with Gasteiger partial charge in [-0.05, 0) is 44.0 Å². The highest BCUT2D eigenvalue weighted by molar-refractivity contribution is 5.94. The number of nitrogens with one attached hydrogen (secondary N) is 2. The molecule has 4 nitrogen and oxygen atoms in total. The van der Waals surface area contributed by atoms with Crippen LogP contribution in [0.25, 0.3) is 0 Å². The lowest BCUT2D eigenvalue weighted by Gasteiger charge is -2.14. The molecule has 1 saturated carbocycles. The number of carbonyl (C=O) groups is 1. The Hall–Kier alpha value is -2.23. The smallest absolute Gasteiger partial charge is 0.227 e. The fraction of sp³-hybridized carbons (Fsp3) is 0.312. The minimum absolute atomic E-state index is 0.130. The van der Waals surface area contributed by atoms with Crippen LogP contribution in [-0.2, 0) is 4.79 Å². The Balaban J connectivity index is 1.66.